The second-order valence-electron chi connectivity index (χ2n) is 6.75. The predicted molar refractivity (Wildman–Crippen MR) is 107 cm³/mol. The predicted octanol–water partition coefficient (Wildman–Crippen LogP) is 4.18. The quantitative estimate of drug-likeness (QED) is 0.519. The molecule has 29 heavy (non-hydrogen) atoms. The first-order valence-electron chi connectivity index (χ1n) is 9.24. The van der Waals surface area contributed by atoms with Crippen molar-refractivity contribution in [3.63, 3.8) is 0 Å². The zero-order chi connectivity index (χ0) is 19.8. The number of carbonyl (C=O) groups is 1. The first-order chi connectivity index (χ1) is 14.2. The summed E-state index contributed by atoms with van der Waals surface area (Å²) < 4.78 is 14.8. The summed E-state index contributed by atoms with van der Waals surface area (Å²) in [5.74, 6) is -0.349. The van der Waals surface area contributed by atoms with Crippen LogP contribution in [-0.4, -0.2) is 32.6 Å². The molecule has 0 radical (unpaired) electrons. The molecule has 1 aliphatic rings. The second-order valence-corrected chi connectivity index (χ2v) is 6.75. The van der Waals surface area contributed by atoms with Crippen molar-refractivity contribution in [2.75, 3.05) is 11.4 Å². The van der Waals surface area contributed by atoms with Crippen molar-refractivity contribution in [2.45, 2.75) is 6.42 Å². The van der Waals surface area contributed by atoms with E-state index in [0.717, 1.165) is 23.2 Å². The number of benzene rings is 2. The Labute approximate surface area is 166 Å². The van der Waals surface area contributed by atoms with Crippen molar-refractivity contribution in [3.05, 3.63) is 84.4 Å². The highest BCUT2D eigenvalue weighted by atomic mass is 19.1. The van der Waals surface area contributed by atoms with Crippen LogP contribution in [0.5, 0.6) is 0 Å². The molecule has 0 aliphatic carbocycles. The SMILES string of the molecule is O=C(N1CCc2ccccc21)n1nnc(-c2ccncc2)c1-c1ccc(F)cc1. The molecule has 5 rings (SSSR count). The number of para-hydroxylation sites is 1. The lowest BCUT2D eigenvalue weighted by molar-refractivity contribution is 0.245. The molecule has 142 valence electrons. The summed E-state index contributed by atoms with van der Waals surface area (Å²) in [4.78, 5) is 19.2. The van der Waals surface area contributed by atoms with E-state index in [-0.39, 0.29) is 11.8 Å². The molecule has 2 aromatic heterocycles. The van der Waals surface area contributed by atoms with E-state index in [1.807, 2.05) is 24.3 Å². The first-order valence-corrected chi connectivity index (χ1v) is 9.24. The van der Waals surface area contributed by atoms with E-state index in [1.54, 1.807) is 41.6 Å². The Balaban J connectivity index is 1.65. The molecule has 0 bridgehead atoms. The minimum absolute atomic E-state index is 0.290. The molecule has 0 atom stereocenters. The largest absolute Gasteiger partial charge is 0.351 e. The summed E-state index contributed by atoms with van der Waals surface area (Å²) in [6.07, 6.45) is 4.10. The Morgan fingerprint density at radius 3 is 2.48 bits per heavy atom. The van der Waals surface area contributed by atoms with Gasteiger partial charge >= 0.3 is 6.03 Å². The van der Waals surface area contributed by atoms with Crippen LogP contribution in [0.4, 0.5) is 14.9 Å². The van der Waals surface area contributed by atoms with Gasteiger partial charge < -0.3 is 0 Å². The average Bonchev–Trinajstić information content (AvgIpc) is 3.39. The fourth-order valence-electron chi connectivity index (χ4n) is 3.64. The monoisotopic (exact) mass is 385 g/mol. The first kappa shape index (κ1) is 17.2. The third kappa shape index (κ3) is 2.97. The van der Waals surface area contributed by atoms with Crippen molar-refractivity contribution >= 4 is 11.7 Å². The Hall–Kier alpha value is -3.87. The van der Waals surface area contributed by atoms with E-state index in [4.69, 9.17) is 0 Å². The number of fused-ring (bicyclic) bond motifs is 1. The Bertz CT molecular complexity index is 1190. The molecule has 0 N–H and O–H groups in total. The number of aromatic nitrogens is 4. The second kappa shape index (κ2) is 6.94. The van der Waals surface area contributed by atoms with Gasteiger partial charge in [0.2, 0.25) is 0 Å². The van der Waals surface area contributed by atoms with Crippen LogP contribution in [0.15, 0.2) is 73.1 Å². The van der Waals surface area contributed by atoms with E-state index >= 15 is 0 Å². The smallest absolute Gasteiger partial charge is 0.292 e. The number of hydrogen-bond acceptors (Lipinski definition) is 4. The molecule has 4 aromatic rings. The normalized spacial score (nSPS) is 12.8. The minimum atomic E-state index is -0.349. The molecule has 3 heterocycles. The number of anilines is 1. The van der Waals surface area contributed by atoms with E-state index in [0.29, 0.717) is 23.5 Å². The number of nitrogens with zero attached hydrogens (tertiary/aromatic N) is 5. The fourth-order valence-corrected chi connectivity index (χ4v) is 3.64. The third-order valence-corrected chi connectivity index (χ3v) is 5.04. The van der Waals surface area contributed by atoms with E-state index in [2.05, 4.69) is 15.3 Å². The minimum Gasteiger partial charge on any atom is -0.292 e. The molecular weight excluding hydrogens is 369 g/mol. The number of amides is 1. The molecule has 6 nitrogen and oxygen atoms in total. The Morgan fingerprint density at radius 2 is 1.69 bits per heavy atom. The lowest BCUT2D eigenvalue weighted by Gasteiger charge is -2.18. The Morgan fingerprint density at radius 1 is 0.931 bits per heavy atom. The maximum absolute atomic E-state index is 13.5. The molecule has 0 fully saturated rings. The van der Waals surface area contributed by atoms with Gasteiger partial charge in [0.1, 0.15) is 17.2 Å². The van der Waals surface area contributed by atoms with Gasteiger partial charge in [-0.2, -0.15) is 4.68 Å². The molecule has 0 unspecified atom stereocenters. The van der Waals surface area contributed by atoms with Crippen molar-refractivity contribution in [1.29, 1.82) is 0 Å². The van der Waals surface area contributed by atoms with Crippen LogP contribution < -0.4 is 4.90 Å². The van der Waals surface area contributed by atoms with Gasteiger partial charge in [-0.25, -0.2) is 9.18 Å². The number of halogens is 1. The van der Waals surface area contributed by atoms with Crippen LogP contribution in [0.1, 0.15) is 5.56 Å². The van der Waals surface area contributed by atoms with Crippen LogP contribution in [0.3, 0.4) is 0 Å². The highest BCUT2D eigenvalue weighted by Gasteiger charge is 2.29. The van der Waals surface area contributed by atoms with Gasteiger partial charge in [0.05, 0.1) is 0 Å². The van der Waals surface area contributed by atoms with E-state index < -0.39 is 0 Å². The zero-order valence-electron chi connectivity index (χ0n) is 15.4. The summed E-state index contributed by atoms with van der Waals surface area (Å²) >= 11 is 0. The summed E-state index contributed by atoms with van der Waals surface area (Å²) in [5, 5.41) is 8.45. The molecule has 7 heteroatoms. The number of pyridine rings is 1. The van der Waals surface area contributed by atoms with Gasteiger partial charge in [-0.3, -0.25) is 9.88 Å². The molecule has 0 spiro atoms. The van der Waals surface area contributed by atoms with E-state index in [9.17, 15) is 9.18 Å². The van der Waals surface area contributed by atoms with Gasteiger partial charge in [-0.15, -0.1) is 5.10 Å². The summed E-state index contributed by atoms with van der Waals surface area (Å²) in [5.41, 5.74) is 4.50. The zero-order valence-corrected chi connectivity index (χ0v) is 15.4. The van der Waals surface area contributed by atoms with Crippen LogP contribution in [0.25, 0.3) is 22.5 Å². The Kier molecular flexibility index (Phi) is 4.13. The molecular formula is C22H16FN5O. The van der Waals surface area contributed by atoms with Gasteiger partial charge in [0.25, 0.3) is 0 Å². The lowest BCUT2D eigenvalue weighted by atomic mass is 10.1. The summed E-state index contributed by atoms with van der Waals surface area (Å²) in [6, 6.07) is 17.1. The van der Waals surface area contributed by atoms with Crippen LogP contribution in [0, 0.1) is 5.82 Å². The molecule has 1 aliphatic heterocycles. The van der Waals surface area contributed by atoms with Crippen LogP contribution >= 0.6 is 0 Å². The molecule has 2 aromatic carbocycles. The van der Waals surface area contributed by atoms with E-state index in [1.165, 1.54) is 16.8 Å². The van der Waals surface area contributed by atoms with Crippen LogP contribution in [0.2, 0.25) is 0 Å². The van der Waals surface area contributed by atoms with Gasteiger partial charge in [0, 0.05) is 35.8 Å². The summed E-state index contributed by atoms with van der Waals surface area (Å²) in [6.45, 7) is 0.575. The fraction of sp³-hybridized carbons (Fsp3) is 0.0909. The number of rotatable bonds is 2. The highest BCUT2D eigenvalue weighted by Crippen LogP contribution is 2.33. The molecule has 0 saturated carbocycles. The van der Waals surface area contributed by atoms with Gasteiger partial charge in [-0.1, -0.05) is 23.4 Å². The van der Waals surface area contributed by atoms with Crippen LogP contribution in [-0.2, 0) is 6.42 Å². The van der Waals surface area contributed by atoms with Gasteiger partial charge in [0.15, 0.2) is 0 Å². The van der Waals surface area contributed by atoms with Crippen molar-refractivity contribution in [2.24, 2.45) is 0 Å². The standard InChI is InChI=1S/C22H16FN5O/c23-18-7-5-17(6-8-18)21-20(16-9-12-24-13-10-16)25-26-28(21)22(29)27-14-11-15-3-1-2-4-19(15)27/h1-10,12-13H,11,14H2. The number of hydrogen-bond donors (Lipinski definition) is 0. The topological polar surface area (TPSA) is 63.9 Å². The maximum Gasteiger partial charge on any atom is 0.351 e. The molecule has 0 saturated heterocycles. The molecule has 1 amide bonds. The highest BCUT2D eigenvalue weighted by molar-refractivity contribution is 5.98. The average molecular weight is 385 g/mol. The lowest BCUT2D eigenvalue weighted by Crippen LogP contribution is -2.34. The van der Waals surface area contributed by atoms with Crippen molar-refractivity contribution in [3.8, 4) is 22.5 Å². The maximum atomic E-state index is 13.5. The number of carbonyl (C=O) groups excluding carboxylic acids is 1. The van der Waals surface area contributed by atoms with Crippen molar-refractivity contribution in [1.82, 2.24) is 20.0 Å². The third-order valence-electron chi connectivity index (χ3n) is 5.04. The van der Waals surface area contributed by atoms with Crippen molar-refractivity contribution < 1.29 is 9.18 Å². The summed E-state index contributed by atoms with van der Waals surface area (Å²) in [7, 11) is 0. The van der Waals surface area contributed by atoms with Gasteiger partial charge in [-0.05, 0) is 54.4 Å².